The Morgan fingerprint density at radius 3 is 0.765 bits per heavy atom. The van der Waals surface area contributed by atoms with Gasteiger partial charge >= 0.3 is 23.1 Å². The van der Waals surface area contributed by atoms with E-state index in [9.17, 15) is 0 Å². The predicted octanol–water partition coefficient (Wildman–Crippen LogP) is -6.08. The van der Waals surface area contributed by atoms with Crippen LogP contribution in [0.25, 0.3) is 0 Å². The summed E-state index contributed by atoms with van der Waals surface area (Å²) in [6.45, 7) is 3.03. The normalized spacial score (nSPS) is 4.41. The van der Waals surface area contributed by atoms with Crippen LogP contribution in [-0.4, -0.2) is 68.0 Å². The largest absolute Gasteiger partial charge is 2.00 e. The Kier molecular flexibility index (Phi) is 152. The molecule has 0 saturated carbocycles. The Bertz CT molecular complexity index is 118. The minimum Gasteiger partial charge on any atom is -0.550 e. The van der Waals surface area contributed by atoms with Gasteiger partial charge in [0.2, 0.25) is 0 Å². The molecule has 0 heterocycles. The van der Waals surface area contributed by atoms with Crippen LogP contribution in [0.1, 0.15) is 20.8 Å². The van der Waals surface area contributed by atoms with E-state index in [0.29, 0.717) is 0 Å². The first-order valence-corrected chi connectivity index (χ1v) is 2.74. The molecule has 11 heteroatoms. The minimum atomic E-state index is -1.08. The molecule has 0 unspecified atom stereocenters. The maximum absolute atomic E-state index is 9.00. The van der Waals surface area contributed by atoms with Gasteiger partial charge in [-0.25, -0.2) is 0 Å². The summed E-state index contributed by atoms with van der Waals surface area (Å²) in [6, 6.07) is 0. The molecule has 0 aromatic carbocycles. The third-order valence-corrected chi connectivity index (χ3v) is 0. The maximum Gasteiger partial charge on any atom is 2.00 e. The number of rotatable bonds is 0. The van der Waals surface area contributed by atoms with E-state index in [1.54, 1.807) is 0 Å². The van der Waals surface area contributed by atoms with Crippen molar-refractivity contribution in [1.29, 1.82) is 0 Å². The van der Waals surface area contributed by atoms with Gasteiger partial charge in [-0.05, 0) is 13.8 Å². The van der Waals surface area contributed by atoms with Gasteiger partial charge in [-0.3, -0.25) is 4.79 Å². The first-order chi connectivity index (χ1) is 5.20. The van der Waals surface area contributed by atoms with Crippen molar-refractivity contribution in [3.63, 3.8) is 0 Å². The Morgan fingerprint density at radius 1 is 0.765 bits per heavy atom. The quantitative estimate of drug-likeness (QED) is 0.420. The van der Waals surface area contributed by atoms with E-state index in [1.165, 1.54) is 0 Å². The molecule has 0 aliphatic rings. The van der Waals surface area contributed by atoms with Gasteiger partial charge in [0.25, 0.3) is 5.97 Å². The molecular weight excluding hydrogens is 256 g/mol. The zero-order valence-corrected chi connectivity index (χ0v) is 11.1. The molecule has 0 aromatic heterocycles. The third kappa shape index (κ3) is 2630. The van der Waals surface area contributed by atoms with Crippen LogP contribution in [0.3, 0.4) is 0 Å². The van der Waals surface area contributed by atoms with Crippen LogP contribution >= 0.6 is 0 Å². The first-order valence-electron chi connectivity index (χ1n) is 2.74. The number of hydrogen-bond donors (Lipinski definition) is 1. The van der Waals surface area contributed by atoms with Gasteiger partial charge in [0.1, 0.15) is 0 Å². The first kappa shape index (κ1) is 56.2. The number of carboxylic acids is 3. The zero-order valence-electron chi connectivity index (χ0n) is 9.70. The molecular formula is C6H18MgO10. The monoisotopic (exact) mass is 274 g/mol. The van der Waals surface area contributed by atoms with Crippen molar-refractivity contribution in [3.05, 3.63) is 0 Å². The standard InChI is InChI=1S/3C2H4O2.Mg.4H2O/c3*1-2(3)4;;;;;/h3*1H3,(H,3,4);;4*1H2/q;;;+2;;;;/p-2. The summed E-state index contributed by atoms with van der Waals surface area (Å²) in [5.41, 5.74) is 0. The van der Waals surface area contributed by atoms with Crippen molar-refractivity contribution in [2.75, 3.05) is 0 Å². The number of hydrogen-bond acceptors (Lipinski definition) is 5. The van der Waals surface area contributed by atoms with Gasteiger partial charge in [0.05, 0.1) is 0 Å². The van der Waals surface area contributed by atoms with Crippen molar-refractivity contribution in [1.82, 2.24) is 0 Å². The fourth-order valence-corrected chi connectivity index (χ4v) is 0. The molecule has 0 bridgehead atoms. The smallest absolute Gasteiger partial charge is 0.550 e. The van der Waals surface area contributed by atoms with Crippen molar-refractivity contribution in [3.8, 4) is 0 Å². The van der Waals surface area contributed by atoms with Crippen LogP contribution in [-0.2, 0) is 14.4 Å². The summed E-state index contributed by atoms with van der Waals surface area (Å²) < 4.78 is 0. The minimum absolute atomic E-state index is 0. The van der Waals surface area contributed by atoms with Crippen LogP contribution in [0.15, 0.2) is 0 Å². The van der Waals surface area contributed by atoms with E-state index < -0.39 is 17.9 Å². The molecule has 0 amide bonds. The topological polar surface area (TPSA) is 244 Å². The molecule has 0 aromatic rings. The molecule has 0 saturated heterocycles. The average Bonchev–Trinajstić information content (AvgIpc) is 1.54. The van der Waals surface area contributed by atoms with E-state index >= 15 is 0 Å². The molecule has 0 aliphatic heterocycles. The van der Waals surface area contributed by atoms with E-state index in [2.05, 4.69) is 0 Å². The summed E-state index contributed by atoms with van der Waals surface area (Å²) in [4.78, 5) is 26.8. The Balaban J connectivity index is -0.0000000104. The number of aliphatic carboxylic acids is 3. The number of carbonyl (C=O) groups excluding carboxylic acids is 2. The summed E-state index contributed by atoms with van der Waals surface area (Å²) in [5.74, 6) is -3.00. The van der Waals surface area contributed by atoms with Gasteiger partial charge < -0.3 is 46.8 Å². The second-order valence-corrected chi connectivity index (χ2v) is 1.50. The number of carbonyl (C=O) groups is 3. The molecule has 17 heavy (non-hydrogen) atoms. The Labute approximate surface area is 114 Å². The predicted molar refractivity (Wildman–Crippen MR) is 54.9 cm³/mol. The zero-order chi connectivity index (χ0) is 10.7. The van der Waals surface area contributed by atoms with E-state index in [1.807, 2.05) is 0 Å². The fraction of sp³-hybridized carbons (Fsp3) is 0.500. The number of carboxylic acid groups (broad SMARTS) is 3. The van der Waals surface area contributed by atoms with Crippen molar-refractivity contribution in [2.24, 2.45) is 0 Å². The van der Waals surface area contributed by atoms with Gasteiger partial charge in [-0.2, -0.15) is 0 Å². The van der Waals surface area contributed by atoms with E-state index in [0.717, 1.165) is 20.8 Å². The van der Waals surface area contributed by atoms with Crippen molar-refractivity contribution >= 4 is 41.0 Å². The van der Waals surface area contributed by atoms with E-state index in [4.69, 9.17) is 29.7 Å². The van der Waals surface area contributed by atoms with Crippen molar-refractivity contribution in [2.45, 2.75) is 20.8 Å². The van der Waals surface area contributed by atoms with Crippen LogP contribution < -0.4 is 10.2 Å². The molecule has 104 valence electrons. The summed E-state index contributed by atoms with van der Waals surface area (Å²) in [6.07, 6.45) is 0. The third-order valence-electron chi connectivity index (χ3n) is 0. The summed E-state index contributed by atoms with van der Waals surface area (Å²) >= 11 is 0. The molecule has 0 spiro atoms. The van der Waals surface area contributed by atoms with Crippen LogP contribution in [0.5, 0.6) is 0 Å². The summed E-state index contributed by atoms with van der Waals surface area (Å²) in [5, 5.41) is 25.2. The molecule has 10 nitrogen and oxygen atoms in total. The molecule has 0 radical (unpaired) electrons. The fourth-order valence-electron chi connectivity index (χ4n) is 0. The Hall–Kier alpha value is -0.984. The molecule has 9 N–H and O–H groups in total. The van der Waals surface area contributed by atoms with Crippen LogP contribution in [0.4, 0.5) is 0 Å². The Morgan fingerprint density at radius 2 is 0.765 bits per heavy atom. The summed E-state index contributed by atoms with van der Waals surface area (Å²) in [7, 11) is 0. The van der Waals surface area contributed by atoms with Gasteiger partial charge in [0.15, 0.2) is 0 Å². The van der Waals surface area contributed by atoms with E-state index in [-0.39, 0.29) is 45.0 Å². The van der Waals surface area contributed by atoms with Gasteiger partial charge in [-0.1, -0.05) is 0 Å². The van der Waals surface area contributed by atoms with Crippen LogP contribution in [0, 0.1) is 0 Å². The molecule has 0 fully saturated rings. The SMILES string of the molecule is CC(=O)O.CC(=O)[O-].CC(=O)[O-].O.O.O.O.[Mg+2]. The second-order valence-electron chi connectivity index (χ2n) is 1.50. The van der Waals surface area contributed by atoms with Crippen molar-refractivity contribution < 1.29 is 51.6 Å². The van der Waals surface area contributed by atoms with Gasteiger partial charge in [-0.15, -0.1) is 0 Å². The maximum atomic E-state index is 9.00. The van der Waals surface area contributed by atoms with Gasteiger partial charge in [0, 0.05) is 18.9 Å². The second kappa shape index (κ2) is 45.9. The molecule has 0 aliphatic carbocycles. The van der Waals surface area contributed by atoms with Crippen LogP contribution in [0.2, 0.25) is 0 Å². The average molecular weight is 275 g/mol. The molecule has 0 rings (SSSR count). The molecule has 0 atom stereocenters.